The normalized spacial score (nSPS) is 49.8. The summed E-state index contributed by atoms with van der Waals surface area (Å²) in [7, 11) is 0. The van der Waals surface area contributed by atoms with Crippen molar-refractivity contribution >= 4 is 0 Å². The second-order valence-corrected chi connectivity index (χ2v) is 8.34. The summed E-state index contributed by atoms with van der Waals surface area (Å²) in [6.07, 6.45) is 10.8. The SMILES string of the molecule is CCC12CC(O)C3C4CCCC=C4CCC3C1CCC2(O)O. The fourth-order valence-corrected chi connectivity index (χ4v) is 6.85. The van der Waals surface area contributed by atoms with E-state index in [4.69, 9.17) is 0 Å². The Morgan fingerprint density at radius 2 is 2.05 bits per heavy atom. The molecule has 3 N–H and O–H groups in total. The number of fused-ring (bicyclic) bond motifs is 5. The van der Waals surface area contributed by atoms with Crippen LogP contribution in [0.15, 0.2) is 11.6 Å². The smallest absolute Gasteiger partial charge is 0.168 e. The zero-order valence-corrected chi connectivity index (χ0v) is 13.7. The lowest BCUT2D eigenvalue weighted by molar-refractivity contribution is -0.266. The zero-order chi connectivity index (χ0) is 15.5. The molecule has 0 aliphatic heterocycles. The lowest BCUT2D eigenvalue weighted by atomic mass is 9.49. The molecule has 0 saturated heterocycles. The van der Waals surface area contributed by atoms with Gasteiger partial charge in [0.05, 0.1) is 6.10 Å². The van der Waals surface area contributed by atoms with Gasteiger partial charge in [-0.25, -0.2) is 0 Å². The molecule has 0 bridgehead atoms. The zero-order valence-electron chi connectivity index (χ0n) is 13.7. The second kappa shape index (κ2) is 5.06. The molecule has 4 rings (SSSR count). The van der Waals surface area contributed by atoms with Crippen molar-refractivity contribution in [2.75, 3.05) is 0 Å². The predicted octanol–water partition coefficient (Wildman–Crippen LogP) is 2.99. The molecule has 4 aliphatic carbocycles. The van der Waals surface area contributed by atoms with Crippen molar-refractivity contribution in [3.8, 4) is 0 Å². The first-order chi connectivity index (χ1) is 10.5. The molecule has 0 amide bonds. The van der Waals surface area contributed by atoms with Crippen LogP contribution in [-0.2, 0) is 0 Å². The molecule has 3 heteroatoms. The van der Waals surface area contributed by atoms with Gasteiger partial charge in [0.25, 0.3) is 0 Å². The van der Waals surface area contributed by atoms with Crippen molar-refractivity contribution in [1.29, 1.82) is 0 Å². The molecular weight excluding hydrogens is 276 g/mol. The number of aliphatic hydroxyl groups excluding tert-OH is 1. The maximum atomic E-state index is 11.0. The molecule has 3 nitrogen and oxygen atoms in total. The maximum absolute atomic E-state index is 11.0. The van der Waals surface area contributed by atoms with Gasteiger partial charge < -0.3 is 15.3 Å². The van der Waals surface area contributed by atoms with Gasteiger partial charge in [-0.1, -0.05) is 18.6 Å². The third-order valence-electron chi connectivity index (χ3n) is 7.80. The summed E-state index contributed by atoms with van der Waals surface area (Å²) >= 11 is 0. The molecule has 3 saturated carbocycles. The van der Waals surface area contributed by atoms with Gasteiger partial charge in [0.1, 0.15) is 0 Å². The molecule has 0 aromatic heterocycles. The van der Waals surface area contributed by atoms with Gasteiger partial charge in [0.15, 0.2) is 5.79 Å². The number of hydrogen-bond donors (Lipinski definition) is 3. The van der Waals surface area contributed by atoms with E-state index in [1.54, 1.807) is 5.57 Å². The molecule has 6 atom stereocenters. The highest BCUT2D eigenvalue weighted by atomic mass is 16.5. The fourth-order valence-electron chi connectivity index (χ4n) is 6.85. The number of hydrogen-bond acceptors (Lipinski definition) is 3. The van der Waals surface area contributed by atoms with Crippen LogP contribution in [-0.4, -0.2) is 27.2 Å². The maximum Gasteiger partial charge on any atom is 0.168 e. The van der Waals surface area contributed by atoms with Gasteiger partial charge in [-0.3, -0.25) is 0 Å². The van der Waals surface area contributed by atoms with Gasteiger partial charge in [-0.15, -0.1) is 0 Å². The first-order valence-corrected chi connectivity index (χ1v) is 9.32. The van der Waals surface area contributed by atoms with Crippen molar-refractivity contribution in [2.24, 2.45) is 29.1 Å². The van der Waals surface area contributed by atoms with E-state index in [9.17, 15) is 15.3 Å². The van der Waals surface area contributed by atoms with Gasteiger partial charge in [-0.05, 0) is 75.0 Å². The number of rotatable bonds is 1. The van der Waals surface area contributed by atoms with Crippen LogP contribution in [0.4, 0.5) is 0 Å². The van der Waals surface area contributed by atoms with E-state index in [0.29, 0.717) is 36.5 Å². The van der Waals surface area contributed by atoms with Gasteiger partial charge in [0, 0.05) is 11.8 Å². The average Bonchev–Trinajstić information content (AvgIpc) is 2.78. The Bertz CT molecular complexity index is 483. The lowest BCUT2D eigenvalue weighted by Gasteiger charge is -2.57. The highest BCUT2D eigenvalue weighted by molar-refractivity contribution is 5.20. The van der Waals surface area contributed by atoms with Gasteiger partial charge >= 0.3 is 0 Å². The minimum Gasteiger partial charge on any atom is -0.393 e. The van der Waals surface area contributed by atoms with Crippen LogP contribution in [0, 0.1) is 29.1 Å². The van der Waals surface area contributed by atoms with Gasteiger partial charge in [-0.2, -0.15) is 0 Å². The Morgan fingerprint density at radius 1 is 1.23 bits per heavy atom. The molecule has 22 heavy (non-hydrogen) atoms. The predicted molar refractivity (Wildman–Crippen MR) is 84.9 cm³/mol. The van der Waals surface area contributed by atoms with Crippen LogP contribution in [0.5, 0.6) is 0 Å². The van der Waals surface area contributed by atoms with E-state index >= 15 is 0 Å². The summed E-state index contributed by atoms with van der Waals surface area (Å²) in [6, 6.07) is 0. The molecule has 0 radical (unpaired) electrons. The van der Waals surface area contributed by atoms with Crippen LogP contribution < -0.4 is 0 Å². The van der Waals surface area contributed by atoms with E-state index in [0.717, 1.165) is 19.3 Å². The number of allylic oxidation sites excluding steroid dienone is 2. The second-order valence-electron chi connectivity index (χ2n) is 8.34. The monoisotopic (exact) mass is 306 g/mol. The van der Waals surface area contributed by atoms with E-state index in [2.05, 4.69) is 13.0 Å². The molecule has 124 valence electrons. The summed E-state index contributed by atoms with van der Waals surface area (Å²) in [4.78, 5) is 0. The summed E-state index contributed by atoms with van der Waals surface area (Å²) in [5.74, 6) is 0.194. The summed E-state index contributed by atoms with van der Waals surface area (Å²) in [5.41, 5.74) is 1.11. The first-order valence-electron chi connectivity index (χ1n) is 9.32. The van der Waals surface area contributed by atoms with Crippen molar-refractivity contribution < 1.29 is 15.3 Å². The summed E-state index contributed by atoms with van der Waals surface area (Å²) in [5, 5.41) is 32.2. The first kappa shape index (κ1) is 15.2. The Labute approximate surface area is 133 Å². The van der Waals surface area contributed by atoms with Crippen molar-refractivity contribution in [3.63, 3.8) is 0 Å². The Balaban J connectivity index is 1.71. The lowest BCUT2D eigenvalue weighted by Crippen LogP contribution is -2.58. The quantitative estimate of drug-likeness (QED) is 0.515. The largest absolute Gasteiger partial charge is 0.393 e. The highest BCUT2D eigenvalue weighted by Gasteiger charge is 2.65. The molecule has 6 unspecified atom stereocenters. The standard InChI is InChI=1S/C19H30O3/c1-2-18-11-16(20)17-13-6-4-3-5-12(13)7-8-14(17)15(18)9-10-19(18,21)22/h5,13-17,20-22H,2-4,6-11H2,1H3. The van der Waals surface area contributed by atoms with E-state index in [1.807, 2.05) is 0 Å². The van der Waals surface area contributed by atoms with Crippen molar-refractivity contribution in [3.05, 3.63) is 11.6 Å². The number of aliphatic hydroxyl groups is 3. The van der Waals surface area contributed by atoms with Gasteiger partial charge in [0.2, 0.25) is 0 Å². The van der Waals surface area contributed by atoms with Crippen molar-refractivity contribution in [2.45, 2.75) is 76.6 Å². The molecule has 0 aromatic carbocycles. The third kappa shape index (κ3) is 1.85. The van der Waals surface area contributed by atoms with Crippen LogP contribution in [0.25, 0.3) is 0 Å². The molecule has 3 fully saturated rings. The Hall–Kier alpha value is -0.380. The minimum absolute atomic E-state index is 0.360. The summed E-state index contributed by atoms with van der Waals surface area (Å²) < 4.78 is 0. The van der Waals surface area contributed by atoms with Crippen LogP contribution >= 0.6 is 0 Å². The molecule has 4 aliphatic rings. The molecule has 0 spiro atoms. The van der Waals surface area contributed by atoms with Crippen LogP contribution in [0.1, 0.15) is 64.7 Å². The minimum atomic E-state index is -1.58. The molecular formula is C19H30O3. The fraction of sp³-hybridized carbons (Fsp3) is 0.895. The van der Waals surface area contributed by atoms with E-state index in [-0.39, 0.29) is 6.10 Å². The molecule has 0 heterocycles. The highest BCUT2D eigenvalue weighted by Crippen LogP contribution is 2.65. The Kier molecular flexibility index (Phi) is 3.49. The van der Waals surface area contributed by atoms with E-state index in [1.165, 1.54) is 25.7 Å². The Morgan fingerprint density at radius 3 is 2.82 bits per heavy atom. The third-order valence-corrected chi connectivity index (χ3v) is 7.80. The summed E-state index contributed by atoms with van der Waals surface area (Å²) in [6.45, 7) is 2.07. The average molecular weight is 306 g/mol. The topological polar surface area (TPSA) is 60.7 Å². The van der Waals surface area contributed by atoms with E-state index < -0.39 is 11.2 Å². The van der Waals surface area contributed by atoms with Crippen LogP contribution in [0.3, 0.4) is 0 Å². The molecule has 0 aromatic rings. The van der Waals surface area contributed by atoms with Crippen molar-refractivity contribution in [1.82, 2.24) is 0 Å². The van der Waals surface area contributed by atoms with Crippen LogP contribution in [0.2, 0.25) is 0 Å².